The van der Waals surface area contributed by atoms with Crippen molar-refractivity contribution in [2.75, 3.05) is 0 Å². The Kier molecular flexibility index (Phi) is 3.83. The van der Waals surface area contributed by atoms with Gasteiger partial charge in [-0.25, -0.2) is 0 Å². The van der Waals surface area contributed by atoms with Crippen molar-refractivity contribution in [1.29, 1.82) is 0 Å². The molecule has 16 heavy (non-hydrogen) atoms. The van der Waals surface area contributed by atoms with Crippen LogP contribution in [0, 0.1) is 12.3 Å². The van der Waals surface area contributed by atoms with Gasteiger partial charge in [0.25, 0.3) is 0 Å². The Hall–Kier alpha value is -0.780. The van der Waals surface area contributed by atoms with E-state index in [1.165, 1.54) is 24.0 Å². The van der Waals surface area contributed by atoms with Gasteiger partial charge in [-0.1, -0.05) is 65.3 Å². The van der Waals surface area contributed by atoms with Crippen LogP contribution in [-0.2, 0) is 5.41 Å². The van der Waals surface area contributed by atoms with E-state index in [-0.39, 0.29) is 5.41 Å². The van der Waals surface area contributed by atoms with E-state index in [1.54, 1.807) is 0 Å². The molecule has 0 fully saturated rings. The SMILES string of the molecule is CCC(C)(C)CC(C)(C)c1ccccc1C. The average Bonchev–Trinajstić information content (AvgIpc) is 2.16. The van der Waals surface area contributed by atoms with E-state index < -0.39 is 0 Å². The Morgan fingerprint density at radius 3 is 2.06 bits per heavy atom. The van der Waals surface area contributed by atoms with Crippen molar-refractivity contribution in [3.05, 3.63) is 35.4 Å². The third kappa shape index (κ3) is 3.10. The molecule has 0 saturated heterocycles. The molecule has 0 amide bonds. The lowest BCUT2D eigenvalue weighted by Crippen LogP contribution is -2.27. The zero-order valence-electron chi connectivity index (χ0n) is 11.7. The summed E-state index contributed by atoms with van der Waals surface area (Å²) < 4.78 is 0. The van der Waals surface area contributed by atoms with Gasteiger partial charge >= 0.3 is 0 Å². The second kappa shape index (κ2) is 4.61. The Morgan fingerprint density at radius 2 is 1.56 bits per heavy atom. The molecular formula is C16H26. The second-order valence-electron chi connectivity index (χ2n) is 6.39. The molecule has 0 nitrogen and oxygen atoms in total. The fraction of sp³-hybridized carbons (Fsp3) is 0.625. The molecule has 0 aliphatic carbocycles. The van der Waals surface area contributed by atoms with Crippen LogP contribution in [0.5, 0.6) is 0 Å². The highest BCUT2D eigenvalue weighted by Gasteiger charge is 2.29. The first kappa shape index (κ1) is 13.3. The van der Waals surface area contributed by atoms with E-state index in [1.807, 2.05) is 0 Å². The minimum atomic E-state index is 0.269. The summed E-state index contributed by atoms with van der Waals surface area (Å²) in [6.45, 7) is 14.0. The van der Waals surface area contributed by atoms with E-state index >= 15 is 0 Å². The maximum absolute atomic E-state index is 2.37. The summed E-state index contributed by atoms with van der Waals surface area (Å²) in [6.07, 6.45) is 2.48. The van der Waals surface area contributed by atoms with Crippen LogP contribution in [0.1, 0.15) is 58.6 Å². The maximum Gasteiger partial charge on any atom is -0.00959 e. The lowest BCUT2D eigenvalue weighted by atomic mass is 9.69. The summed E-state index contributed by atoms with van der Waals surface area (Å²) in [5.74, 6) is 0. The first-order valence-corrected chi connectivity index (χ1v) is 6.35. The van der Waals surface area contributed by atoms with Gasteiger partial charge in [0.1, 0.15) is 0 Å². The summed E-state index contributed by atoms with van der Waals surface area (Å²) in [6, 6.07) is 8.78. The third-order valence-corrected chi connectivity index (χ3v) is 3.75. The molecule has 0 heteroatoms. The Bertz CT molecular complexity index is 345. The van der Waals surface area contributed by atoms with Crippen molar-refractivity contribution in [3.63, 3.8) is 0 Å². The van der Waals surface area contributed by atoms with Crippen LogP contribution in [0.25, 0.3) is 0 Å². The molecule has 1 aromatic rings. The molecule has 0 radical (unpaired) electrons. The second-order valence-corrected chi connectivity index (χ2v) is 6.39. The van der Waals surface area contributed by atoms with Gasteiger partial charge in [0.15, 0.2) is 0 Å². The molecule has 1 rings (SSSR count). The van der Waals surface area contributed by atoms with Crippen molar-refractivity contribution in [1.82, 2.24) is 0 Å². The molecule has 0 aliphatic rings. The summed E-state index contributed by atoms with van der Waals surface area (Å²) >= 11 is 0. The van der Waals surface area contributed by atoms with E-state index in [4.69, 9.17) is 0 Å². The molecule has 0 spiro atoms. The molecule has 0 unspecified atom stereocenters. The molecule has 0 N–H and O–H groups in total. The van der Waals surface area contributed by atoms with Crippen LogP contribution in [0.2, 0.25) is 0 Å². The number of aryl methyl sites for hydroxylation is 1. The number of rotatable bonds is 4. The van der Waals surface area contributed by atoms with E-state index in [0.717, 1.165) is 0 Å². The predicted octanol–water partition coefficient (Wildman–Crippen LogP) is 5.10. The Labute approximate surface area is 101 Å². The normalized spacial score (nSPS) is 12.9. The summed E-state index contributed by atoms with van der Waals surface area (Å²) in [4.78, 5) is 0. The van der Waals surface area contributed by atoms with Crippen molar-refractivity contribution in [2.24, 2.45) is 5.41 Å². The quantitative estimate of drug-likeness (QED) is 0.659. The third-order valence-electron chi connectivity index (χ3n) is 3.75. The van der Waals surface area contributed by atoms with Crippen LogP contribution >= 0.6 is 0 Å². The largest absolute Gasteiger partial charge is 0.0649 e. The minimum absolute atomic E-state index is 0.269. The standard InChI is InChI=1S/C16H26/c1-7-15(3,4)12-16(5,6)14-11-9-8-10-13(14)2/h8-11H,7,12H2,1-6H3. The number of hydrogen-bond acceptors (Lipinski definition) is 0. The van der Waals surface area contributed by atoms with Crippen molar-refractivity contribution >= 4 is 0 Å². The highest BCUT2D eigenvalue weighted by Crippen LogP contribution is 2.39. The summed E-state index contributed by atoms with van der Waals surface area (Å²) in [7, 11) is 0. The van der Waals surface area contributed by atoms with Gasteiger partial charge in [0, 0.05) is 0 Å². The fourth-order valence-corrected chi connectivity index (χ4v) is 2.75. The van der Waals surface area contributed by atoms with Crippen LogP contribution in [-0.4, -0.2) is 0 Å². The van der Waals surface area contributed by atoms with Crippen LogP contribution in [0.15, 0.2) is 24.3 Å². The lowest BCUT2D eigenvalue weighted by molar-refractivity contribution is 0.248. The summed E-state index contributed by atoms with van der Waals surface area (Å²) in [5.41, 5.74) is 3.60. The van der Waals surface area contributed by atoms with Crippen molar-refractivity contribution in [2.45, 2.75) is 59.8 Å². The summed E-state index contributed by atoms with van der Waals surface area (Å²) in [5, 5.41) is 0. The lowest BCUT2D eigenvalue weighted by Gasteiger charge is -2.35. The Morgan fingerprint density at radius 1 is 1.00 bits per heavy atom. The zero-order chi connectivity index (χ0) is 12.4. The van der Waals surface area contributed by atoms with Crippen LogP contribution < -0.4 is 0 Å². The molecule has 0 heterocycles. The van der Waals surface area contributed by atoms with Gasteiger partial charge in [0.05, 0.1) is 0 Å². The molecule has 1 aromatic carbocycles. The van der Waals surface area contributed by atoms with Gasteiger partial charge in [-0.2, -0.15) is 0 Å². The van der Waals surface area contributed by atoms with Gasteiger partial charge < -0.3 is 0 Å². The van der Waals surface area contributed by atoms with Crippen molar-refractivity contribution in [3.8, 4) is 0 Å². The average molecular weight is 218 g/mol. The van der Waals surface area contributed by atoms with Gasteiger partial charge in [-0.15, -0.1) is 0 Å². The molecule has 0 aromatic heterocycles. The predicted molar refractivity (Wildman–Crippen MR) is 72.9 cm³/mol. The fourth-order valence-electron chi connectivity index (χ4n) is 2.75. The maximum atomic E-state index is 2.37. The first-order valence-electron chi connectivity index (χ1n) is 6.35. The first-order chi connectivity index (χ1) is 7.28. The Balaban J connectivity index is 2.98. The smallest absolute Gasteiger partial charge is 0.00959 e. The van der Waals surface area contributed by atoms with Gasteiger partial charge in [-0.3, -0.25) is 0 Å². The molecular weight excluding hydrogens is 192 g/mol. The molecule has 0 atom stereocenters. The molecule has 0 aliphatic heterocycles. The number of benzene rings is 1. The van der Waals surface area contributed by atoms with E-state index in [9.17, 15) is 0 Å². The topological polar surface area (TPSA) is 0 Å². The molecule has 90 valence electrons. The zero-order valence-corrected chi connectivity index (χ0v) is 11.7. The van der Waals surface area contributed by atoms with Crippen LogP contribution in [0.4, 0.5) is 0 Å². The number of hydrogen-bond donors (Lipinski definition) is 0. The van der Waals surface area contributed by atoms with Crippen molar-refractivity contribution < 1.29 is 0 Å². The van der Waals surface area contributed by atoms with E-state index in [0.29, 0.717) is 5.41 Å². The molecule has 0 bridgehead atoms. The van der Waals surface area contributed by atoms with Gasteiger partial charge in [0.2, 0.25) is 0 Å². The van der Waals surface area contributed by atoms with E-state index in [2.05, 4.69) is 65.8 Å². The minimum Gasteiger partial charge on any atom is -0.0649 e. The van der Waals surface area contributed by atoms with Gasteiger partial charge in [-0.05, 0) is 35.3 Å². The van der Waals surface area contributed by atoms with Crippen LogP contribution in [0.3, 0.4) is 0 Å². The monoisotopic (exact) mass is 218 g/mol. The highest BCUT2D eigenvalue weighted by atomic mass is 14.3. The highest BCUT2D eigenvalue weighted by molar-refractivity contribution is 5.32. The molecule has 0 saturated carbocycles.